The van der Waals surface area contributed by atoms with Crippen molar-refractivity contribution in [3.8, 4) is 5.13 Å². The molecule has 0 aliphatic heterocycles. The summed E-state index contributed by atoms with van der Waals surface area (Å²) in [6.45, 7) is 3.44. The summed E-state index contributed by atoms with van der Waals surface area (Å²) in [5, 5.41) is 2.68. The van der Waals surface area contributed by atoms with Crippen LogP contribution in [-0.4, -0.2) is 32.9 Å². The normalized spacial score (nSPS) is 10.6. The van der Waals surface area contributed by atoms with Crippen molar-refractivity contribution in [3.05, 3.63) is 64.7 Å². The maximum absolute atomic E-state index is 12.4. The molecular weight excluding hydrogens is 326 g/mol. The molecule has 0 saturated heterocycles. The molecule has 24 heavy (non-hydrogen) atoms. The molecule has 0 radical (unpaired) electrons. The second kappa shape index (κ2) is 6.76. The van der Waals surface area contributed by atoms with Crippen molar-refractivity contribution in [1.29, 1.82) is 0 Å². The number of ketones is 1. The predicted octanol–water partition coefficient (Wildman–Crippen LogP) is 2.99. The quantitative estimate of drug-likeness (QED) is 0.527. The first kappa shape index (κ1) is 16.1. The molecule has 0 atom stereocenters. The molecule has 0 aliphatic carbocycles. The third-order valence-electron chi connectivity index (χ3n) is 3.55. The average Bonchev–Trinajstić information content (AvgIpc) is 3.21. The van der Waals surface area contributed by atoms with Gasteiger partial charge in [-0.3, -0.25) is 9.36 Å². The number of pyridine rings is 1. The summed E-state index contributed by atoms with van der Waals surface area (Å²) in [5.41, 5.74) is 2.39. The summed E-state index contributed by atoms with van der Waals surface area (Å²) < 4.78 is 6.98. The van der Waals surface area contributed by atoms with E-state index in [9.17, 15) is 9.59 Å². The lowest BCUT2D eigenvalue weighted by molar-refractivity contribution is 0.0468. The van der Waals surface area contributed by atoms with Gasteiger partial charge in [-0.1, -0.05) is 6.07 Å². The van der Waals surface area contributed by atoms with Gasteiger partial charge in [0.1, 0.15) is 5.69 Å². The number of esters is 1. The van der Waals surface area contributed by atoms with E-state index in [2.05, 4.69) is 9.97 Å². The zero-order valence-corrected chi connectivity index (χ0v) is 14.0. The zero-order chi connectivity index (χ0) is 17.1. The first-order chi connectivity index (χ1) is 11.6. The lowest BCUT2D eigenvalue weighted by Gasteiger charge is -2.06. The van der Waals surface area contributed by atoms with Gasteiger partial charge in [-0.15, -0.1) is 11.3 Å². The Kier molecular flexibility index (Phi) is 4.52. The fraction of sp³-hybridized carbons (Fsp3) is 0.176. The van der Waals surface area contributed by atoms with Gasteiger partial charge in [0.15, 0.2) is 11.7 Å². The molecule has 3 heterocycles. The van der Waals surface area contributed by atoms with Crippen LogP contribution >= 0.6 is 11.3 Å². The largest absolute Gasteiger partial charge is 0.453 e. The zero-order valence-electron chi connectivity index (χ0n) is 13.2. The maximum atomic E-state index is 12.4. The van der Waals surface area contributed by atoms with Crippen molar-refractivity contribution >= 4 is 23.1 Å². The van der Waals surface area contributed by atoms with Crippen LogP contribution in [0.15, 0.2) is 42.0 Å². The van der Waals surface area contributed by atoms with Crippen LogP contribution in [0.5, 0.6) is 0 Å². The van der Waals surface area contributed by atoms with Crippen LogP contribution in [0, 0.1) is 13.8 Å². The highest BCUT2D eigenvalue weighted by Gasteiger charge is 2.19. The Hall–Kier alpha value is -2.80. The van der Waals surface area contributed by atoms with Gasteiger partial charge in [0.2, 0.25) is 5.78 Å². The smallest absolute Gasteiger partial charge is 0.357 e. The standard InChI is InChI=1S/C17H15N3O3S/c1-11-9-13(12(2)20(11)17-19-7-8-24-17)15(21)10-23-16(22)14-5-3-4-6-18-14/h3-9H,10H2,1-2H3. The molecule has 3 rings (SSSR count). The predicted molar refractivity (Wildman–Crippen MR) is 89.8 cm³/mol. The first-order valence-corrected chi connectivity index (χ1v) is 8.16. The SMILES string of the molecule is Cc1cc(C(=O)COC(=O)c2ccccn2)c(C)n1-c1nccs1. The fourth-order valence-electron chi connectivity index (χ4n) is 2.43. The monoisotopic (exact) mass is 341 g/mol. The molecule has 0 amide bonds. The Bertz CT molecular complexity index is 870. The summed E-state index contributed by atoms with van der Waals surface area (Å²) in [5.74, 6) is -0.868. The molecule has 0 spiro atoms. The molecule has 3 aromatic heterocycles. The van der Waals surface area contributed by atoms with Gasteiger partial charge in [-0.25, -0.2) is 14.8 Å². The van der Waals surface area contributed by atoms with Gasteiger partial charge < -0.3 is 4.74 Å². The van der Waals surface area contributed by atoms with Crippen LogP contribution in [0.3, 0.4) is 0 Å². The number of ether oxygens (including phenoxy) is 1. The Morgan fingerprint density at radius 3 is 2.71 bits per heavy atom. The summed E-state index contributed by atoms with van der Waals surface area (Å²) >= 11 is 1.49. The molecule has 3 aromatic rings. The minimum Gasteiger partial charge on any atom is -0.453 e. The number of hydrogen-bond donors (Lipinski definition) is 0. The van der Waals surface area contributed by atoms with E-state index in [1.54, 1.807) is 30.5 Å². The maximum Gasteiger partial charge on any atom is 0.357 e. The van der Waals surface area contributed by atoms with E-state index in [4.69, 9.17) is 4.74 Å². The van der Waals surface area contributed by atoms with Crippen LogP contribution in [0.4, 0.5) is 0 Å². The number of Topliss-reactive ketones (excluding diaryl/α,β-unsaturated/α-hetero) is 1. The molecule has 0 unspecified atom stereocenters. The number of aryl methyl sites for hydroxylation is 1. The number of thiazole rings is 1. The average molecular weight is 341 g/mol. The first-order valence-electron chi connectivity index (χ1n) is 7.28. The van der Waals surface area contributed by atoms with E-state index in [-0.39, 0.29) is 18.1 Å². The molecule has 7 heteroatoms. The number of nitrogens with zero attached hydrogens (tertiary/aromatic N) is 3. The molecule has 0 aromatic carbocycles. The molecule has 0 bridgehead atoms. The second-order valence-corrected chi connectivity index (χ2v) is 6.02. The topological polar surface area (TPSA) is 74.1 Å². The van der Waals surface area contributed by atoms with Gasteiger partial charge in [-0.05, 0) is 32.0 Å². The highest BCUT2D eigenvalue weighted by atomic mass is 32.1. The minimum atomic E-state index is -0.613. The van der Waals surface area contributed by atoms with Gasteiger partial charge in [0.05, 0.1) is 0 Å². The number of aromatic nitrogens is 3. The Morgan fingerprint density at radius 1 is 1.21 bits per heavy atom. The van der Waals surface area contributed by atoms with Crippen molar-refractivity contribution < 1.29 is 14.3 Å². The lowest BCUT2D eigenvalue weighted by atomic mass is 10.1. The van der Waals surface area contributed by atoms with Gasteiger partial charge in [-0.2, -0.15) is 0 Å². The fourth-order valence-corrected chi connectivity index (χ4v) is 3.18. The van der Waals surface area contributed by atoms with E-state index in [0.717, 1.165) is 16.5 Å². The molecule has 6 nitrogen and oxygen atoms in total. The van der Waals surface area contributed by atoms with E-state index in [1.807, 2.05) is 23.8 Å². The van der Waals surface area contributed by atoms with Crippen molar-refractivity contribution in [1.82, 2.24) is 14.5 Å². The third kappa shape index (κ3) is 3.11. The van der Waals surface area contributed by atoms with E-state index in [0.29, 0.717) is 5.56 Å². The number of hydrogen-bond acceptors (Lipinski definition) is 6. The second-order valence-electron chi connectivity index (χ2n) is 5.15. The van der Waals surface area contributed by atoms with Crippen molar-refractivity contribution in [3.63, 3.8) is 0 Å². The number of rotatable bonds is 5. The van der Waals surface area contributed by atoms with Crippen LogP contribution in [-0.2, 0) is 4.74 Å². The highest BCUT2D eigenvalue weighted by Crippen LogP contribution is 2.22. The summed E-state index contributed by atoms with van der Waals surface area (Å²) in [4.78, 5) is 32.5. The van der Waals surface area contributed by atoms with Gasteiger partial charge in [0.25, 0.3) is 0 Å². The van der Waals surface area contributed by atoms with E-state index < -0.39 is 5.97 Å². The van der Waals surface area contributed by atoms with Crippen molar-refractivity contribution in [2.75, 3.05) is 6.61 Å². The van der Waals surface area contributed by atoms with Crippen molar-refractivity contribution in [2.45, 2.75) is 13.8 Å². The van der Waals surface area contributed by atoms with E-state index in [1.165, 1.54) is 17.5 Å². The van der Waals surface area contributed by atoms with Gasteiger partial charge in [0, 0.05) is 34.7 Å². The van der Waals surface area contributed by atoms with Crippen LogP contribution in [0.2, 0.25) is 0 Å². The molecular formula is C17H15N3O3S. The Labute approximate surface area is 142 Å². The Morgan fingerprint density at radius 2 is 2.04 bits per heavy atom. The molecule has 0 aliphatic rings. The number of carbonyl (C=O) groups excluding carboxylic acids is 2. The molecule has 0 saturated carbocycles. The van der Waals surface area contributed by atoms with Gasteiger partial charge >= 0.3 is 5.97 Å². The van der Waals surface area contributed by atoms with Crippen LogP contribution in [0.1, 0.15) is 32.2 Å². The lowest BCUT2D eigenvalue weighted by Crippen LogP contribution is -2.15. The summed E-state index contributed by atoms with van der Waals surface area (Å²) in [7, 11) is 0. The van der Waals surface area contributed by atoms with Crippen LogP contribution in [0.25, 0.3) is 5.13 Å². The number of carbonyl (C=O) groups is 2. The Balaban J connectivity index is 1.74. The highest BCUT2D eigenvalue weighted by molar-refractivity contribution is 7.12. The summed E-state index contributed by atoms with van der Waals surface area (Å²) in [6.07, 6.45) is 3.22. The summed E-state index contributed by atoms with van der Waals surface area (Å²) in [6, 6.07) is 6.72. The third-order valence-corrected chi connectivity index (χ3v) is 4.31. The van der Waals surface area contributed by atoms with Crippen LogP contribution < -0.4 is 0 Å². The molecule has 0 fully saturated rings. The molecule has 0 N–H and O–H groups in total. The minimum absolute atomic E-state index is 0.179. The van der Waals surface area contributed by atoms with Crippen molar-refractivity contribution in [2.24, 2.45) is 0 Å². The van der Waals surface area contributed by atoms with E-state index >= 15 is 0 Å². The molecule has 122 valence electrons.